The van der Waals surface area contributed by atoms with Crippen LogP contribution < -0.4 is 0 Å². The summed E-state index contributed by atoms with van der Waals surface area (Å²) in [6.45, 7) is 2.37. The van der Waals surface area contributed by atoms with Crippen molar-refractivity contribution in [1.82, 2.24) is 4.90 Å². The van der Waals surface area contributed by atoms with Gasteiger partial charge in [-0.3, -0.25) is 9.69 Å². The summed E-state index contributed by atoms with van der Waals surface area (Å²) in [6, 6.07) is 0.472. The standard InChI is InChI=1S/C10H17NO2/c1-13-10(12)7-9-6-8-2-4-11(9)5-3-8/h8-9H,2-7H2,1H3. The maximum absolute atomic E-state index is 11.1. The largest absolute Gasteiger partial charge is 0.469 e. The smallest absolute Gasteiger partial charge is 0.307 e. The Morgan fingerprint density at radius 2 is 2.15 bits per heavy atom. The van der Waals surface area contributed by atoms with Crippen molar-refractivity contribution in [2.45, 2.75) is 31.7 Å². The predicted octanol–water partition coefficient (Wildman–Crippen LogP) is 1.03. The maximum atomic E-state index is 11.1. The van der Waals surface area contributed by atoms with E-state index in [1.807, 2.05) is 0 Å². The number of hydrogen-bond acceptors (Lipinski definition) is 3. The number of hydrogen-bond donors (Lipinski definition) is 0. The van der Waals surface area contributed by atoms with Gasteiger partial charge in [-0.1, -0.05) is 0 Å². The van der Waals surface area contributed by atoms with Crippen molar-refractivity contribution in [3.8, 4) is 0 Å². The van der Waals surface area contributed by atoms with Crippen molar-refractivity contribution in [3.63, 3.8) is 0 Å². The lowest BCUT2D eigenvalue weighted by Gasteiger charge is -2.45. The zero-order valence-corrected chi connectivity index (χ0v) is 8.16. The molecule has 0 N–H and O–H groups in total. The third-order valence-electron chi connectivity index (χ3n) is 3.40. The second-order valence-electron chi connectivity index (χ2n) is 4.15. The Morgan fingerprint density at radius 1 is 1.46 bits per heavy atom. The number of ether oxygens (including phenoxy) is 1. The van der Waals surface area contributed by atoms with E-state index < -0.39 is 0 Å². The van der Waals surface area contributed by atoms with Crippen molar-refractivity contribution in [2.24, 2.45) is 5.92 Å². The van der Waals surface area contributed by atoms with E-state index in [-0.39, 0.29) is 5.97 Å². The number of methoxy groups -OCH3 is 1. The number of nitrogens with zero attached hydrogens (tertiary/aromatic N) is 1. The van der Waals surface area contributed by atoms with Crippen LogP contribution in [0.25, 0.3) is 0 Å². The van der Waals surface area contributed by atoms with E-state index in [0.717, 1.165) is 5.92 Å². The summed E-state index contributed by atoms with van der Waals surface area (Å²) in [5, 5.41) is 0. The van der Waals surface area contributed by atoms with E-state index >= 15 is 0 Å². The van der Waals surface area contributed by atoms with E-state index in [9.17, 15) is 4.79 Å². The molecular weight excluding hydrogens is 166 g/mol. The van der Waals surface area contributed by atoms with Gasteiger partial charge in [0.2, 0.25) is 0 Å². The van der Waals surface area contributed by atoms with Gasteiger partial charge >= 0.3 is 5.97 Å². The monoisotopic (exact) mass is 183 g/mol. The molecule has 3 fully saturated rings. The molecule has 2 bridgehead atoms. The minimum Gasteiger partial charge on any atom is -0.469 e. The van der Waals surface area contributed by atoms with E-state index in [0.29, 0.717) is 12.5 Å². The zero-order valence-electron chi connectivity index (χ0n) is 8.16. The normalized spacial score (nSPS) is 37.5. The number of piperidine rings is 3. The lowest BCUT2D eigenvalue weighted by Crippen LogP contribution is -2.49. The molecule has 3 aliphatic rings. The number of rotatable bonds is 2. The fraction of sp³-hybridized carbons (Fsp3) is 0.900. The van der Waals surface area contributed by atoms with Crippen molar-refractivity contribution in [3.05, 3.63) is 0 Å². The summed E-state index contributed by atoms with van der Waals surface area (Å²) in [4.78, 5) is 13.5. The number of fused-ring (bicyclic) bond motifs is 3. The highest BCUT2D eigenvalue weighted by Crippen LogP contribution is 2.33. The zero-order chi connectivity index (χ0) is 9.26. The van der Waals surface area contributed by atoms with Crippen molar-refractivity contribution < 1.29 is 9.53 Å². The Kier molecular flexibility index (Phi) is 2.54. The number of esters is 1. The Hall–Kier alpha value is -0.570. The van der Waals surface area contributed by atoms with Gasteiger partial charge in [0.15, 0.2) is 0 Å². The van der Waals surface area contributed by atoms with Crippen LogP contribution in [0.1, 0.15) is 25.7 Å². The quantitative estimate of drug-likeness (QED) is 0.599. The van der Waals surface area contributed by atoms with Gasteiger partial charge in [-0.25, -0.2) is 0 Å². The molecule has 0 radical (unpaired) electrons. The van der Waals surface area contributed by atoms with Gasteiger partial charge in [0, 0.05) is 6.04 Å². The third-order valence-corrected chi connectivity index (χ3v) is 3.40. The Balaban J connectivity index is 1.90. The van der Waals surface area contributed by atoms with Crippen LogP contribution in [0.4, 0.5) is 0 Å². The fourth-order valence-electron chi connectivity index (χ4n) is 2.58. The molecule has 3 aliphatic heterocycles. The van der Waals surface area contributed by atoms with Crippen molar-refractivity contribution in [1.29, 1.82) is 0 Å². The van der Waals surface area contributed by atoms with Crippen molar-refractivity contribution >= 4 is 5.97 Å². The van der Waals surface area contributed by atoms with Gasteiger partial charge in [0.05, 0.1) is 13.5 Å². The molecule has 74 valence electrons. The lowest BCUT2D eigenvalue weighted by atomic mass is 9.82. The van der Waals surface area contributed by atoms with Crippen LogP contribution in [0.3, 0.4) is 0 Å². The van der Waals surface area contributed by atoms with Crippen LogP contribution in [0, 0.1) is 5.92 Å². The van der Waals surface area contributed by atoms with Gasteiger partial charge < -0.3 is 4.74 Å². The van der Waals surface area contributed by atoms with Crippen LogP contribution in [-0.2, 0) is 9.53 Å². The van der Waals surface area contributed by atoms with Gasteiger partial charge in [-0.2, -0.15) is 0 Å². The highest BCUT2D eigenvalue weighted by molar-refractivity contribution is 5.69. The summed E-state index contributed by atoms with van der Waals surface area (Å²) < 4.78 is 4.70. The molecular formula is C10H17NO2. The minimum absolute atomic E-state index is 0.0578. The fourth-order valence-corrected chi connectivity index (χ4v) is 2.58. The van der Waals surface area contributed by atoms with Gasteiger partial charge in [-0.05, 0) is 38.3 Å². The molecule has 3 saturated heterocycles. The third kappa shape index (κ3) is 1.85. The second kappa shape index (κ2) is 3.66. The van der Waals surface area contributed by atoms with Gasteiger partial charge in [0.1, 0.15) is 0 Å². The summed E-state index contributed by atoms with van der Waals surface area (Å²) in [5.41, 5.74) is 0. The maximum Gasteiger partial charge on any atom is 0.307 e. The summed E-state index contributed by atoms with van der Waals surface area (Å²) in [7, 11) is 1.47. The molecule has 3 nitrogen and oxygen atoms in total. The number of carbonyl (C=O) groups excluding carboxylic acids is 1. The number of carbonyl (C=O) groups is 1. The van der Waals surface area contributed by atoms with E-state index in [4.69, 9.17) is 4.74 Å². The molecule has 3 heteroatoms. The molecule has 1 unspecified atom stereocenters. The molecule has 0 spiro atoms. The lowest BCUT2D eigenvalue weighted by molar-refractivity contribution is -0.143. The first-order valence-electron chi connectivity index (χ1n) is 5.10. The van der Waals surface area contributed by atoms with Crippen LogP contribution in [0.5, 0.6) is 0 Å². The molecule has 0 aromatic heterocycles. The van der Waals surface area contributed by atoms with Crippen LogP contribution in [-0.4, -0.2) is 37.1 Å². The van der Waals surface area contributed by atoms with Crippen LogP contribution in [0.15, 0.2) is 0 Å². The Labute approximate surface area is 79.0 Å². The second-order valence-corrected chi connectivity index (χ2v) is 4.15. The molecule has 3 rings (SSSR count). The highest BCUT2D eigenvalue weighted by Gasteiger charge is 2.34. The van der Waals surface area contributed by atoms with E-state index in [2.05, 4.69) is 4.90 Å². The van der Waals surface area contributed by atoms with Gasteiger partial charge in [-0.15, -0.1) is 0 Å². The van der Waals surface area contributed by atoms with Crippen molar-refractivity contribution in [2.75, 3.05) is 20.2 Å². The van der Waals surface area contributed by atoms with Crippen LogP contribution in [0.2, 0.25) is 0 Å². The molecule has 13 heavy (non-hydrogen) atoms. The average Bonchev–Trinajstić information content (AvgIpc) is 2.19. The Bertz CT molecular complexity index is 197. The average molecular weight is 183 g/mol. The van der Waals surface area contributed by atoms with Crippen LogP contribution >= 0.6 is 0 Å². The predicted molar refractivity (Wildman–Crippen MR) is 49.3 cm³/mol. The Morgan fingerprint density at radius 3 is 2.62 bits per heavy atom. The first-order chi connectivity index (χ1) is 6.29. The highest BCUT2D eigenvalue weighted by atomic mass is 16.5. The minimum atomic E-state index is -0.0578. The molecule has 0 aromatic carbocycles. The summed E-state index contributed by atoms with van der Waals surface area (Å²) in [5.74, 6) is 0.817. The van der Waals surface area contributed by atoms with E-state index in [1.54, 1.807) is 0 Å². The molecule has 0 aliphatic carbocycles. The first kappa shape index (κ1) is 9.00. The summed E-state index contributed by atoms with van der Waals surface area (Å²) >= 11 is 0. The van der Waals surface area contributed by atoms with Gasteiger partial charge in [0.25, 0.3) is 0 Å². The molecule has 1 atom stereocenters. The first-order valence-corrected chi connectivity index (χ1v) is 5.10. The molecule has 0 amide bonds. The molecule has 0 saturated carbocycles. The SMILES string of the molecule is COC(=O)CC1CC2CCN1CC2. The topological polar surface area (TPSA) is 29.5 Å². The molecule has 3 heterocycles. The molecule has 0 aromatic rings. The summed E-state index contributed by atoms with van der Waals surface area (Å²) in [6.07, 6.45) is 4.46. The van der Waals surface area contributed by atoms with E-state index in [1.165, 1.54) is 39.5 Å².